The van der Waals surface area contributed by atoms with Crippen LogP contribution in [0, 0.1) is 0 Å². The lowest BCUT2D eigenvalue weighted by Crippen LogP contribution is -2.14. The highest BCUT2D eigenvalue weighted by atomic mass is 35.5. The van der Waals surface area contributed by atoms with Gasteiger partial charge in [0.1, 0.15) is 0 Å². The van der Waals surface area contributed by atoms with E-state index < -0.39 is 5.24 Å². The van der Waals surface area contributed by atoms with Crippen molar-refractivity contribution in [3.63, 3.8) is 0 Å². The Hall–Kier alpha value is -0.200. The Morgan fingerprint density at radius 1 is 1.45 bits per heavy atom. The molecule has 0 atom stereocenters. The first kappa shape index (κ1) is 10.8. The second kappa shape index (κ2) is 6.51. The first-order chi connectivity index (χ1) is 5.13. The van der Waals surface area contributed by atoms with Crippen molar-refractivity contribution < 1.29 is 20.0 Å². The summed E-state index contributed by atoms with van der Waals surface area (Å²) in [5, 5.41) is 15.3. The number of hydrogen-bond donors (Lipinski definition) is 2. The van der Waals surface area contributed by atoms with Crippen LogP contribution in [-0.4, -0.2) is 27.7 Å². The molecule has 0 amide bonds. The molecule has 0 aromatic carbocycles. The summed E-state index contributed by atoms with van der Waals surface area (Å²) in [5.41, 5.74) is 0. The molecular weight excluding hydrogens is 174 g/mol. The van der Waals surface area contributed by atoms with Crippen LogP contribution >= 0.6 is 11.6 Å². The van der Waals surface area contributed by atoms with Crippen molar-refractivity contribution in [3.8, 4) is 0 Å². The molecule has 0 saturated carbocycles. The Bertz CT molecular complexity index is 119. The quantitative estimate of drug-likeness (QED) is 0.364. The van der Waals surface area contributed by atoms with Crippen LogP contribution in [0.15, 0.2) is 0 Å². The highest BCUT2D eigenvalue weighted by molar-refractivity contribution is 6.63. The van der Waals surface area contributed by atoms with Gasteiger partial charge in [-0.2, -0.15) is 0 Å². The molecule has 0 saturated heterocycles. The predicted octanol–water partition coefficient (Wildman–Crippen LogP) is 0.934. The van der Waals surface area contributed by atoms with E-state index in [4.69, 9.17) is 22.0 Å². The number of unbranched alkanes of at least 4 members (excludes halogenated alkanes) is 1. The first-order valence-corrected chi connectivity index (χ1v) is 3.50. The minimum absolute atomic E-state index is 0.150. The van der Waals surface area contributed by atoms with Crippen LogP contribution in [0.3, 0.4) is 0 Å². The number of carbonyl (C=O) groups is 1. The number of nitrogens with zero attached hydrogens (tertiary/aromatic N) is 1. The van der Waals surface area contributed by atoms with E-state index >= 15 is 0 Å². The van der Waals surface area contributed by atoms with Gasteiger partial charge in [0.05, 0.1) is 12.0 Å². The van der Waals surface area contributed by atoms with Crippen LogP contribution < -0.4 is 0 Å². The van der Waals surface area contributed by atoms with E-state index in [9.17, 15) is 4.79 Å². The molecule has 0 bridgehead atoms. The summed E-state index contributed by atoms with van der Waals surface area (Å²) in [4.78, 5) is 14.4. The molecule has 0 fully saturated rings. The summed E-state index contributed by atoms with van der Waals surface area (Å²) in [6, 6.07) is 0. The maximum absolute atomic E-state index is 10.2. The smallest absolute Gasteiger partial charge is 0.221 e. The Morgan fingerprint density at radius 2 is 2.09 bits per heavy atom. The van der Waals surface area contributed by atoms with Crippen LogP contribution in [0.25, 0.3) is 0 Å². The summed E-state index contributed by atoms with van der Waals surface area (Å²) in [7, 11) is 0. The van der Waals surface area contributed by atoms with E-state index in [-0.39, 0.29) is 18.4 Å². The second-order valence-electron chi connectivity index (χ2n) is 1.90. The molecular formula is C5H10ClNO4. The third kappa shape index (κ3) is 9.80. The number of rotatable bonds is 6. The molecule has 0 aliphatic rings. The van der Waals surface area contributed by atoms with Crippen LogP contribution in [-0.2, 0) is 9.63 Å². The fraction of sp³-hybridized carbons (Fsp3) is 0.800. The van der Waals surface area contributed by atoms with Crippen molar-refractivity contribution in [1.82, 2.24) is 5.39 Å². The van der Waals surface area contributed by atoms with Gasteiger partial charge in [-0.15, -0.1) is 0 Å². The zero-order valence-electron chi connectivity index (χ0n) is 5.86. The van der Waals surface area contributed by atoms with E-state index in [0.717, 1.165) is 0 Å². The van der Waals surface area contributed by atoms with E-state index in [1.807, 2.05) is 0 Å². The highest BCUT2D eigenvalue weighted by Crippen LogP contribution is 1.99. The van der Waals surface area contributed by atoms with Gasteiger partial charge in [0.15, 0.2) is 0 Å². The molecule has 0 radical (unpaired) electrons. The summed E-state index contributed by atoms with van der Waals surface area (Å²) in [6.07, 6.45) is 1.41. The van der Waals surface area contributed by atoms with Crippen LogP contribution in [0.2, 0.25) is 0 Å². The zero-order chi connectivity index (χ0) is 8.69. The molecule has 0 rings (SSSR count). The van der Waals surface area contributed by atoms with Gasteiger partial charge in [-0.25, -0.2) is 0 Å². The fourth-order valence-corrected chi connectivity index (χ4v) is 0.646. The molecule has 2 N–H and O–H groups in total. The summed E-state index contributed by atoms with van der Waals surface area (Å²) in [5.74, 6) is 0. The largest absolute Gasteiger partial charge is 0.281 e. The maximum Gasteiger partial charge on any atom is 0.221 e. The Morgan fingerprint density at radius 3 is 2.55 bits per heavy atom. The van der Waals surface area contributed by atoms with E-state index in [1.54, 1.807) is 0 Å². The van der Waals surface area contributed by atoms with Crippen LogP contribution in [0.5, 0.6) is 0 Å². The third-order valence-electron chi connectivity index (χ3n) is 0.974. The molecule has 0 aromatic rings. The van der Waals surface area contributed by atoms with Gasteiger partial charge < -0.3 is 0 Å². The Labute approximate surface area is 69.0 Å². The number of hydrogen-bond acceptors (Lipinski definition) is 5. The van der Waals surface area contributed by atoms with Crippen molar-refractivity contribution in [2.24, 2.45) is 0 Å². The molecule has 0 aromatic heterocycles. The van der Waals surface area contributed by atoms with Crippen molar-refractivity contribution in [1.29, 1.82) is 0 Å². The Kier molecular flexibility index (Phi) is 6.39. The number of halogens is 1. The van der Waals surface area contributed by atoms with Gasteiger partial charge in [-0.1, -0.05) is 0 Å². The lowest BCUT2D eigenvalue weighted by atomic mass is 10.3. The maximum atomic E-state index is 10.2. The molecule has 5 nitrogen and oxygen atoms in total. The van der Waals surface area contributed by atoms with Crippen molar-refractivity contribution in [2.45, 2.75) is 19.3 Å². The molecule has 0 aliphatic heterocycles. The van der Waals surface area contributed by atoms with Crippen molar-refractivity contribution >= 4 is 16.8 Å². The molecule has 0 unspecified atom stereocenters. The lowest BCUT2D eigenvalue weighted by molar-refractivity contribution is -0.492. The lowest BCUT2D eigenvalue weighted by Gasteiger charge is -2.04. The van der Waals surface area contributed by atoms with Gasteiger partial charge in [-0.3, -0.25) is 20.0 Å². The van der Waals surface area contributed by atoms with Gasteiger partial charge in [0, 0.05) is 6.42 Å². The normalized spacial score (nSPS) is 10.5. The fourth-order valence-electron chi connectivity index (χ4n) is 0.512. The second-order valence-corrected chi connectivity index (χ2v) is 2.32. The average Bonchev–Trinajstić information content (AvgIpc) is 1.85. The summed E-state index contributed by atoms with van der Waals surface area (Å²) in [6.45, 7) is 0.150. The van der Waals surface area contributed by atoms with E-state index in [0.29, 0.717) is 12.8 Å². The molecule has 6 heteroatoms. The zero-order valence-corrected chi connectivity index (χ0v) is 6.62. The van der Waals surface area contributed by atoms with Crippen molar-refractivity contribution in [2.75, 3.05) is 6.61 Å². The summed E-state index contributed by atoms with van der Waals surface area (Å²) < 4.78 is 0. The number of carbonyl (C=O) groups excluding carboxylic acids is 1. The van der Waals surface area contributed by atoms with Gasteiger partial charge >= 0.3 is 0 Å². The van der Waals surface area contributed by atoms with E-state index in [2.05, 4.69) is 4.84 Å². The molecule has 0 heterocycles. The van der Waals surface area contributed by atoms with Gasteiger partial charge in [0.25, 0.3) is 0 Å². The summed E-state index contributed by atoms with van der Waals surface area (Å²) >= 11 is 5.03. The van der Waals surface area contributed by atoms with E-state index in [1.165, 1.54) is 0 Å². The van der Waals surface area contributed by atoms with Crippen LogP contribution in [0.4, 0.5) is 0 Å². The highest BCUT2D eigenvalue weighted by Gasteiger charge is 1.97. The predicted molar refractivity (Wildman–Crippen MR) is 36.1 cm³/mol. The average molecular weight is 184 g/mol. The minimum Gasteiger partial charge on any atom is -0.281 e. The van der Waals surface area contributed by atoms with Crippen molar-refractivity contribution in [3.05, 3.63) is 0 Å². The SMILES string of the molecule is O=C(Cl)CCCCON(O)O. The molecule has 0 spiro atoms. The Balaban J connectivity index is 2.97. The topological polar surface area (TPSA) is 70.0 Å². The molecule has 66 valence electrons. The van der Waals surface area contributed by atoms with Gasteiger partial charge in [-0.05, 0) is 24.4 Å². The van der Waals surface area contributed by atoms with Gasteiger partial charge in [0.2, 0.25) is 5.24 Å². The third-order valence-corrected chi connectivity index (χ3v) is 1.16. The molecule has 11 heavy (non-hydrogen) atoms. The standard InChI is InChI=1S/C5H10ClNO4/c6-5(8)3-1-2-4-11-7(9)10/h9-10H,1-4H2. The first-order valence-electron chi connectivity index (χ1n) is 3.12. The monoisotopic (exact) mass is 183 g/mol. The van der Waals surface area contributed by atoms with Crippen LogP contribution in [0.1, 0.15) is 19.3 Å². The minimum atomic E-state index is -0.394. The molecule has 0 aliphatic carbocycles.